The first-order valence-corrected chi connectivity index (χ1v) is 6.00. The Morgan fingerprint density at radius 3 is 2.58 bits per heavy atom. The number of hydrogen-bond acceptors (Lipinski definition) is 4. The molecule has 0 aromatic heterocycles. The maximum absolute atomic E-state index is 13.5. The molecule has 0 saturated carbocycles. The predicted octanol–water partition coefficient (Wildman–Crippen LogP) is 1.72. The molecule has 1 aromatic carbocycles. The predicted molar refractivity (Wildman–Crippen MR) is 71.1 cm³/mol. The van der Waals surface area contributed by atoms with Crippen LogP contribution in [0.25, 0.3) is 0 Å². The molecule has 0 spiro atoms. The number of likely N-dealkylation sites (N-methyl/N-ethyl adjacent to an activating group) is 1. The Balaban J connectivity index is 2.71. The van der Waals surface area contributed by atoms with Gasteiger partial charge < -0.3 is 9.84 Å². The SMILES string of the molecule is COc1ccc(C(=O)CN(C)CC(C)(C)O)cc1F. The molecule has 0 heterocycles. The zero-order valence-corrected chi connectivity index (χ0v) is 11.7. The van der Waals surface area contributed by atoms with Crippen LogP contribution in [0.5, 0.6) is 5.75 Å². The minimum absolute atomic E-state index is 0.112. The quantitative estimate of drug-likeness (QED) is 0.799. The third-order valence-corrected chi connectivity index (χ3v) is 2.54. The summed E-state index contributed by atoms with van der Waals surface area (Å²) < 4.78 is 18.3. The monoisotopic (exact) mass is 269 g/mol. The second-order valence-electron chi connectivity index (χ2n) is 5.26. The summed E-state index contributed by atoms with van der Waals surface area (Å²) >= 11 is 0. The van der Waals surface area contributed by atoms with Gasteiger partial charge in [0.1, 0.15) is 0 Å². The maximum Gasteiger partial charge on any atom is 0.176 e. The zero-order chi connectivity index (χ0) is 14.6. The Morgan fingerprint density at radius 1 is 1.47 bits per heavy atom. The highest BCUT2D eigenvalue weighted by atomic mass is 19.1. The molecule has 0 aliphatic heterocycles. The van der Waals surface area contributed by atoms with Gasteiger partial charge in [-0.2, -0.15) is 0 Å². The summed E-state index contributed by atoms with van der Waals surface area (Å²) in [6, 6.07) is 4.12. The fourth-order valence-electron chi connectivity index (χ4n) is 1.89. The normalized spacial score (nSPS) is 11.7. The molecule has 1 aromatic rings. The molecule has 0 bridgehead atoms. The van der Waals surface area contributed by atoms with E-state index in [0.29, 0.717) is 12.1 Å². The average molecular weight is 269 g/mol. The molecule has 0 amide bonds. The van der Waals surface area contributed by atoms with Crippen LogP contribution >= 0.6 is 0 Å². The minimum atomic E-state index is -0.875. The van der Waals surface area contributed by atoms with E-state index in [9.17, 15) is 14.3 Å². The number of hydrogen-bond donors (Lipinski definition) is 1. The van der Waals surface area contributed by atoms with Crippen LogP contribution in [-0.4, -0.2) is 48.6 Å². The summed E-state index contributed by atoms with van der Waals surface area (Å²) in [5.41, 5.74) is -0.582. The lowest BCUT2D eigenvalue weighted by Crippen LogP contribution is -2.38. The average Bonchev–Trinajstić information content (AvgIpc) is 2.26. The topological polar surface area (TPSA) is 49.8 Å². The van der Waals surface area contributed by atoms with Crippen molar-refractivity contribution >= 4 is 5.78 Å². The molecule has 0 atom stereocenters. The van der Waals surface area contributed by atoms with Crippen molar-refractivity contribution in [3.05, 3.63) is 29.6 Å². The van der Waals surface area contributed by atoms with Crippen LogP contribution in [0, 0.1) is 5.82 Å². The van der Waals surface area contributed by atoms with E-state index in [1.165, 1.54) is 25.3 Å². The highest BCUT2D eigenvalue weighted by molar-refractivity contribution is 5.97. The van der Waals surface area contributed by atoms with Gasteiger partial charge in [0, 0.05) is 12.1 Å². The van der Waals surface area contributed by atoms with Gasteiger partial charge in [0.05, 0.1) is 19.3 Å². The first-order chi connectivity index (χ1) is 8.73. The van der Waals surface area contributed by atoms with Crippen LogP contribution in [0.4, 0.5) is 4.39 Å². The number of rotatable bonds is 6. The van der Waals surface area contributed by atoms with Gasteiger partial charge >= 0.3 is 0 Å². The molecule has 0 saturated heterocycles. The molecule has 0 aliphatic rings. The number of nitrogens with zero attached hydrogens (tertiary/aromatic N) is 1. The van der Waals surface area contributed by atoms with Gasteiger partial charge in [-0.15, -0.1) is 0 Å². The molecule has 5 heteroatoms. The minimum Gasteiger partial charge on any atom is -0.494 e. The van der Waals surface area contributed by atoms with E-state index in [4.69, 9.17) is 4.74 Å². The Kier molecular flexibility index (Phi) is 5.03. The molecular formula is C14H20FNO3. The lowest BCUT2D eigenvalue weighted by Gasteiger charge is -2.24. The van der Waals surface area contributed by atoms with Crippen molar-refractivity contribution in [3.8, 4) is 5.75 Å². The highest BCUT2D eigenvalue weighted by Crippen LogP contribution is 2.18. The molecule has 106 valence electrons. The summed E-state index contributed by atoms with van der Waals surface area (Å²) in [5.74, 6) is -0.645. The summed E-state index contributed by atoms with van der Waals surface area (Å²) in [4.78, 5) is 13.7. The van der Waals surface area contributed by atoms with E-state index in [2.05, 4.69) is 0 Å². The second-order valence-corrected chi connectivity index (χ2v) is 5.26. The van der Waals surface area contributed by atoms with Crippen molar-refractivity contribution in [2.24, 2.45) is 0 Å². The lowest BCUT2D eigenvalue weighted by atomic mass is 10.1. The third-order valence-electron chi connectivity index (χ3n) is 2.54. The van der Waals surface area contributed by atoms with Crippen molar-refractivity contribution in [3.63, 3.8) is 0 Å². The summed E-state index contributed by atoms with van der Waals surface area (Å²) in [5, 5.41) is 9.65. The van der Waals surface area contributed by atoms with Crippen LogP contribution < -0.4 is 4.74 Å². The van der Waals surface area contributed by atoms with E-state index < -0.39 is 11.4 Å². The van der Waals surface area contributed by atoms with Gasteiger partial charge in [0.2, 0.25) is 0 Å². The zero-order valence-electron chi connectivity index (χ0n) is 11.7. The van der Waals surface area contributed by atoms with Crippen molar-refractivity contribution in [1.82, 2.24) is 4.90 Å². The molecule has 0 aliphatic carbocycles. The Morgan fingerprint density at radius 2 is 2.11 bits per heavy atom. The number of methoxy groups -OCH3 is 1. The van der Waals surface area contributed by atoms with Gasteiger partial charge in [-0.05, 0) is 39.1 Å². The largest absolute Gasteiger partial charge is 0.494 e. The highest BCUT2D eigenvalue weighted by Gasteiger charge is 2.18. The number of carbonyl (C=O) groups excluding carboxylic acids is 1. The van der Waals surface area contributed by atoms with E-state index >= 15 is 0 Å². The number of Topliss-reactive ketones (excluding diaryl/α,β-unsaturated/α-hetero) is 1. The summed E-state index contributed by atoms with van der Waals surface area (Å²) in [6.45, 7) is 3.81. The Bertz CT molecular complexity index is 454. The standard InChI is InChI=1S/C14H20FNO3/c1-14(2,18)9-16(3)8-12(17)10-5-6-13(19-4)11(15)7-10/h5-7,18H,8-9H2,1-4H3. The summed E-state index contributed by atoms with van der Waals surface area (Å²) in [6.07, 6.45) is 0. The van der Waals surface area contributed by atoms with E-state index in [0.717, 1.165) is 0 Å². The molecule has 0 fully saturated rings. The number of aliphatic hydroxyl groups is 1. The Hall–Kier alpha value is -1.46. The first kappa shape index (κ1) is 15.6. The molecule has 1 rings (SSSR count). The van der Waals surface area contributed by atoms with Crippen LogP contribution in [0.15, 0.2) is 18.2 Å². The number of ether oxygens (including phenoxy) is 1. The fraction of sp³-hybridized carbons (Fsp3) is 0.500. The molecule has 19 heavy (non-hydrogen) atoms. The van der Waals surface area contributed by atoms with Crippen molar-refractivity contribution in [2.45, 2.75) is 19.4 Å². The van der Waals surface area contributed by atoms with Crippen molar-refractivity contribution in [2.75, 3.05) is 27.2 Å². The van der Waals surface area contributed by atoms with Crippen molar-refractivity contribution < 1.29 is 19.0 Å². The Labute approximate surface area is 112 Å². The number of halogens is 1. The maximum atomic E-state index is 13.5. The van der Waals surface area contributed by atoms with Gasteiger partial charge in [-0.3, -0.25) is 9.69 Å². The molecule has 4 nitrogen and oxygen atoms in total. The summed E-state index contributed by atoms with van der Waals surface area (Å²) in [7, 11) is 3.10. The number of ketones is 1. The van der Waals surface area contributed by atoms with Crippen LogP contribution in [0.3, 0.4) is 0 Å². The van der Waals surface area contributed by atoms with Crippen LogP contribution in [0.1, 0.15) is 24.2 Å². The second kappa shape index (κ2) is 6.12. The fourth-order valence-corrected chi connectivity index (χ4v) is 1.89. The van der Waals surface area contributed by atoms with Gasteiger partial charge in [-0.25, -0.2) is 4.39 Å². The molecular weight excluding hydrogens is 249 g/mol. The smallest absolute Gasteiger partial charge is 0.176 e. The lowest BCUT2D eigenvalue weighted by molar-refractivity contribution is 0.0439. The molecule has 1 N–H and O–H groups in total. The number of carbonyl (C=O) groups is 1. The van der Waals surface area contributed by atoms with Gasteiger partial charge in [0.15, 0.2) is 17.3 Å². The molecule has 0 radical (unpaired) electrons. The van der Waals surface area contributed by atoms with Crippen molar-refractivity contribution in [1.29, 1.82) is 0 Å². The van der Waals surface area contributed by atoms with Crippen LogP contribution in [-0.2, 0) is 0 Å². The van der Waals surface area contributed by atoms with E-state index in [1.807, 2.05) is 0 Å². The third kappa shape index (κ3) is 4.96. The van der Waals surface area contributed by atoms with E-state index in [-0.39, 0.29) is 18.1 Å². The first-order valence-electron chi connectivity index (χ1n) is 6.00. The number of benzene rings is 1. The van der Waals surface area contributed by atoms with Crippen LogP contribution in [0.2, 0.25) is 0 Å². The molecule has 0 unspecified atom stereocenters. The van der Waals surface area contributed by atoms with E-state index in [1.54, 1.807) is 25.8 Å². The van der Waals surface area contributed by atoms with Gasteiger partial charge in [0.25, 0.3) is 0 Å². The van der Waals surface area contributed by atoms with Gasteiger partial charge in [-0.1, -0.05) is 0 Å².